The first-order valence-corrected chi connectivity index (χ1v) is 6.25. The molecule has 2 rings (SSSR count). The summed E-state index contributed by atoms with van der Waals surface area (Å²) in [4.78, 5) is 14.0. The molecule has 0 fully saturated rings. The molecule has 1 N–H and O–H groups in total. The number of benzene rings is 1. The number of nitrogens with one attached hydrogen (secondary N) is 1. The van der Waals surface area contributed by atoms with Crippen LogP contribution in [0.4, 0.5) is 11.4 Å². The van der Waals surface area contributed by atoms with E-state index in [0.717, 1.165) is 24.3 Å². The number of amides is 1. The van der Waals surface area contributed by atoms with Gasteiger partial charge in [0, 0.05) is 19.0 Å². The highest BCUT2D eigenvalue weighted by Gasteiger charge is 2.18. The summed E-state index contributed by atoms with van der Waals surface area (Å²) in [5.41, 5.74) is 3.26. The van der Waals surface area contributed by atoms with Gasteiger partial charge in [0.25, 0.3) is 0 Å². The molecule has 0 saturated heterocycles. The molecule has 0 saturated carbocycles. The van der Waals surface area contributed by atoms with Gasteiger partial charge in [-0.05, 0) is 44.9 Å². The van der Waals surface area contributed by atoms with E-state index in [4.69, 9.17) is 0 Å². The molecule has 1 aliphatic heterocycles. The topological polar surface area (TPSA) is 32.3 Å². The first-order chi connectivity index (χ1) is 8.08. The smallest absolute Gasteiger partial charge is 0.224 e. The van der Waals surface area contributed by atoms with E-state index in [2.05, 4.69) is 36.2 Å². The summed E-state index contributed by atoms with van der Waals surface area (Å²) >= 11 is 0. The lowest BCUT2D eigenvalue weighted by molar-refractivity contribution is -0.116. The number of nitrogens with zero attached hydrogens (tertiary/aromatic N) is 1. The summed E-state index contributed by atoms with van der Waals surface area (Å²) in [5, 5.41) is 3.01. The summed E-state index contributed by atoms with van der Waals surface area (Å²) in [7, 11) is 0. The maximum absolute atomic E-state index is 11.7. The van der Waals surface area contributed by atoms with Crippen molar-refractivity contribution in [1.82, 2.24) is 0 Å². The van der Waals surface area contributed by atoms with E-state index in [1.807, 2.05) is 13.0 Å². The second-order valence-corrected chi connectivity index (χ2v) is 4.96. The number of anilines is 2. The highest BCUT2D eigenvalue weighted by molar-refractivity contribution is 5.95. The molecule has 1 aliphatic rings. The standard InChI is InChI=1S/C14H20N2O/c1-10(2)16-8-4-5-14(17)15-12-9-11(3)6-7-13(12)16/h6-7,9-10H,4-5,8H2,1-3H3,(H,15,17). The van der Waals surface area contributed by atoms with Crippen LogP contribution in [0.5, 0.6) is 0 Å². The highest BCUT2D eigenvalue weighted by atomic mass is 16.1. The maximum atomic E-state index is 11.7. The molecule has 0 spiro atoms. The zero-order valence-electron chi connectivity index (χ0n) is 10.8. The van der Waals surface area contributed by atoms with Gasteiger partial charge >= 0.3 is 0 Å². The Balaban J connectivity index is 2.44. The van der Waals surface area contributed by atoms with E-state index >= 15 is 0 Å². The van der Waals surface area contributed by atoms with Crippen LogP contribution in [0.25, 0.3) is 0 Å². The molecular weight excluding hydrogens is 212 g/mol. The molecule has 1 heterocycles. The Hall–Kier alpha value is -1.51. The number of aryl methyl sites for hydroxylation is 1. The number of carbonyl (C=O) groups is 1. The minimum absolute atomic E-state index is 0.125. The Morgan fingerprint density at radius 3 is 2.82 bits per heavy atom. The predicted octanol–water partition coefficient (Wildman–Crippen LogP) is 2.94. The van der Waals surface area contributed by atoms with Crippen LogP contribution in [0, 0.1) is 6.92 Å². The van der Waals surface area contributed by atoms with Crippen LogP contribution >= 0.6 is 0 Å². The fraction of sp³-hybridized carbons (Fsp3) is 0.500. The van der Waals surface area contributed by atoms with Crippen molar-refractivity contribution in [1.29, 1.82) is 0 Å². The lowest BCUT2D eigenvalue weighted by atomic mass is 10.1. The van der Waals surface area contributed by atoms with Crippen molar-refractivity contribution in [2.75, 3.05) is 16.8 Å². The summed E-state index contributed by atoms with van der Waals surface area (Å²) in [6.07, 6.45) is 1.52. The second-order valence-electron chi connectivity index (χ2n) is 4.96. The summed E-state index contributed by atoms with van der Waals surface area (Å²) < 4.78 is 0. The van der Waals surface area contributed by atoms with Gasteiger partial charge in [0.05, 0.1) is 11.4 Å². The first-order valence-electron chi connectivity index (χ1n) is 6.25. The van der Waals surface area contributed by atoms with Crippen molar-refractivity contribution < 1.29 is 4.79 Å². The molecule has 0 bridgehead atoms. The average molecular weight is 232 g/mol. The molecule has 0 aliphatic carbocycles. The van der Waals surface area contributed by atoms with Crippen molar-refractivity contribution in [2.24, 2.45) is 0 Å². The van der Waals surface area contributed by atoms with Gasteiger partial charge < -0.3 is 10.2 Å². The van der Waals surface area contributed by atoms with Gasteiger partial charge in [0.1, 0.15) is 0 Å². The fourth-order valence-electron chi connectivity index (χ4n) is 2.28. The van der Waals surface area contributed by atoms with E-state index in [-0.39, 0.29) is 5.91 Å². The predicted molar refractivity (Wildman–Crippen MR) is 71.5 cm³/mol. The summed E-state index contributed by atoms with van der Waals surface area (Å²) in [5.74, 6) is 0.125. The van der Waals surface area contributed by atoms with Crippen LogP contribution in [0.2, 0.25) is 0 Å². The number of carbonyl (C=O) groups excluding carboxylic acids is 1. The third-order valence-corrected chi connectivity index (χ3v) is 3.16. The zero-order chi connectivity index (χ0) is 12.4. The Morgan fingerprint density at radius 1 is 1.35 bits per heavy atom. The molecule has 1 aromatic rings. The van der Waals surface area contributed by atoms with Gasteiger partial charge in [0.2, 0.25) is 5.91 Å². The van der Waals surface area contributed by atoms with Crippen LogP contribution < -0.4 is 10.2 Å². The number of rotatable bonds is 1. The van der Waals surface area contributed by atoms with Crippen LogP contribution in [-0.2, 0) is 4.79 Å². The van der Waals surface area contributed by atoms with Gasteiger partial charge in [-0.1, -0.05) is 6.07 Å². The van der Waals surface area contributed by atoms with Crippen molar-refractivity contribution in [3.05, 3.63) is 23.8 Å². The summed E-state index contributed by atoms with van der Waals surface area (Å²) in [6.45, 7) is 7.37. The SMILES string of the molecule is Cc1ccc2c(c1)NC(=O)CCCN2C(C)C. The second kappa shape index (κ2) is 4.78. The molecule has 3 heteroatoms. The summed E-state index contributed by atoms with van der Waals surface area (Å²) in [6, 6.07) is 6.71. The number of fused-ring (bicyclic) bond motifs is 1. The lowest BCUT2D eigenvalue weighted by Gasteiger charge is -2.32. The normalized spacial score (nSPS) is 16.2. The molecule has 92 valence electrons. The molecule has 1 aromatic carbocycles. The molecular formula is C14H20N2O. The Bertz CT molecular complexity index is 426. The third-order valence-electron chi connectivity index (χ3n) is 3.16. The van der Waals surface area contributed by atoms with Crippen LogP contribution in [0.1, 0.15) is 32.3 Å². The molecule has 3 nitrogen and oxygen atoms in total. The van der Waals surface area contributed by atoms with Crippen LogP contribution in [0.15, 0.2) is 18.2 Å². The van der Waals surface area contributed by atoms with Gasteiger partial charge in [-0.3, -0.25) is 4.79 Å². The van der Waals surface area contributed by atoms with Crippen LogP contribution in [0.3, 0.4) is 0 Å². The molecule has 0 radical (unpaired) electrons. The zero-order valence-corrected chi connectivity index (χ0v) is 10.8. The van der Waals surface area contributed by atoms with E-state index in [9.17, 15) is 4.79 Å². The van der Waals surface area contributed by atoms with Crippen molar-refractivity contribution in [3.63, 3.8) is 0 Å². The number of hydrogen-bond acceptors (Lipinski definition) is 2. The largest absolute Gasteiger partial charge is 0.367 e. The van der Waals surface area contributed by atoms with Crippen LogP contribution in [-0.4, -0.2) is 18.5 Å². The molecule has 0 unspecified atom stereocenters. The van der Waals surface area contributed by atoms with Gasteiger partial charge in [-0.25, -0.2) is 0 Å². The number of hydrogen-bond donors (Lipinski definition) is 1. The van der Waals surface area contributed by atoms with Crippen molar-refractivity contribution >= 4 is 17.3 Å². The van der Waals surface area contributed by atoms with Crippen molar-refractivity contribution in [2.45, 2.75) is 39.7 Å². The monoisotopic (exact) mass is 232 g/mol. The highest BCUT2D eigenvalue weighted by Crippen LogP contribution is 2.30. The Morgan fingerprint density at radius 2 is 2.12 bits per heavy atom. The Kier molecular flexibility index (Phi) is 3.36. The van der Waals surface area contributed by atoms with E-state index in [1.54, 1.807) is 0 Å². The van der Waals surface area contributed by atoms with E-state index in [1.165, 1.54) is 5.56 Å². The van der Waals surface area contributed by atoms with Gasteiger partial charge in [0.15, 0.2) is 0 Å². The maximum Gasteiger partial charge on any atom is 0.224 e. The Labute approximate surface area is 103 Å². The lowest BCUT2D eigenvalue weighted by Crippen LogP contribution is -2.34. The first kappa shape index (κ1) is 12.0. The third kappa shape index (κ3) is 2.60. The molecule has 0 aromatic heterocycles. The molecule has 0 atom stereocenters. The molecule has 17 heavy (non-hydrogen) atoms. The van der Waals surface area contributed by atoms with E-state index in [0.29, 0.717) is 12.5 Å². The van der Waals surface area contributed by atoms with E-state index < -0.39 is 0 Å². The van der Waals surface area contributed by atoms with Gasteiger partial charge in [-0.2, -0.15) is 0 Å². The van der Waals surface area contributed by atoms with Gasteiger partial charge in [-0.15, -0.1) is 0 Å². The fourth-order valence-corrected chi connectivity index (χ4v) is 2.28. The minimum atomic E-state index is 0.125. The quantitative estimate of drug-likeness (QED) is 0.807. The molecule has 1 amide bonds. The minimum Gasteiger partial charge on any atom is -0.367 e. The van der Waals surface area contributed by atoms with Crippen molar-refractivity contribution in [3.8, 4) is 0 Å². The average Bonchev–Trinajstić information content (AvgIpc) is 2.22.